The molecule has 1 saturated carbocycles. The monoisotopic (exact) mass is 282 g/mol. The van der Waals surface area contributed by atoms with E-state index in [4.69, 9.17) is 9.47 Å². The van der Waals surface area contributed by atoms with Gasteiger partial charge in [-0.25, -0.2) is 0 Å². The zero-order valence-corrected chi connectivity index (χ0v) is 14.2. The maximum atomic E-state index is 6.64. The van der Waals surface area contributed by atoms with Crippen LogP contribution >= 0.6 is 0 Å². The average molecular weight is 282 g/mol. The number of hydrogen-bond donors (Lipinski definition) is 0. The molecule has 6 atom stereocenters. The molecule has 2 nitrogen and oxygen atoms in total. The number of hydrogen-bond acceptors (Lipinski definition) is 2. The molecule has 1 heterocycles. The summed E-state index contributed by atoms with van der Waals surface area (Å²) in [6, 6.07) is 0. The van der Waals surface area contributed by atoms with Crippen LogP contribution in [0, 0.1) is 17.8 Å². The molecule has 0 bridgehead atoms. The highest BCUT2D eigenvalue weighted by Crippen LogP contribution is 2.50. The Morgan fingerprint density at radius 1 is 1.00 bits per heavy atom. The van der Waals surface area contributed by atoms with Crippen LogP contribution in [0.1, 0.15) is 79.6 Å². The Hall–Kier alpha value is -0.0800. The summed E-state index contributed by atoms with van der Waals surface area (Å²) in [5, 5.41) is 0. The molecule has 2 heteroatoms. The molecule has 2 fully saturated rings. The highest BCUT2D eigenvalue weighted by molar-refractivity contribution is 4.97. The lowest BCUT2D eigenvalue weighted by molar-refractivity contribution is -0.250. The predicted octanol–water partition coefficient (Wildman–Crippen LogP) is 5.16. The van der Waals surface area contributed by atoms with Crippen molar-refractivity contribution in [1.29, 1.82) is 0 Å². The molecule has 0 spiro atoms. The molecule has 2 aliphatic rings. The van der Waals surface area contributed by atoms with Gasteiger partial charge < -0.3 is 9.47 Å². The molecule has 1 aliphatic heterocycles. The zero-order chi connectivity index (χ0) is 14.8. The second kappa shape index (κ2) is 6.79. The third kappa shape index (κ3) is 2.92. The van der Waals surface area contributed by atoms with Crippen LogP contribution in [0.2, 0.25) is 0 Å². The van der Waals surface area contributed by atoms with E-state index in [-0.39, 0.29) is 5.79 Å². The van der Waals surface area contributed by atoms with Crippen LogP contribution in [0.3, 0.4) is 0 Å². The fourth-order valence-electron chi connectivity index (χ4n) is 4.44. The van der Waals surface area contributed by atoms with Crippen molar-refractivity contribution in [2.45, 2.75) is 97.6 Å². The molecule has 0 aromatic carbocycles. The minimum Gasteiger partial charge on any atom is -0.343 e. The van der Waals surface area contributed by atoms with E-state index in [1.54, 1.807) is 0 Å². The van der Waals surface area contributed by atoms with Gasteiger partial charge in [-0.05, 0) is 38.0 Å². The van der Waals surface area contributed by atoms with Crippen LogP contribution in [0.15, 0.2) is 0 Å². The highest BCUT2D eigenvalue weighted by atomic mass is 16.8. The summed E-state index contributed by atoms with van der Waals surface area (Å²) in [4.78, 5) is 0. The van der Waals surface area contributed by atoms with Gasteiger partial charge in [0, 0.05) is 11.8 Å². The number of rotatable bonds is 7. The Morgan fingerprint density at radius 3 is 2.00 bits per heavy atom. The molecule has 4 unspecified atom stereocenters. The Kier molecular flexibility index (Phi) is 5.53. The Bertz CT molecular complexity index is 288. The maximum Gasteiger partial charge on any atom is 0.174 e. The van der Waals surface area contributed by atoms with Gasteiger partial charge in [-0.2, -0.15) is 0 Å². The minimum absolute atomic E-state index is 0.295. The average Bonchev–Trinajstić information content (AvgIpc) is 2.91. The summed E-state index contributed by atoms with van der Waals surface area (Å²) in [6.07, 6.45) is 9.11. The van der Waals surface area contributed by atoms with E-state index in [1.807, 2.05) is 0 Å². The summed E-state index contributed by atoms with van der Waals surface area (Å²) < 4.78 is 13.3. The molecule has 0 amide bonds. The number of fused-ring (bicyclic) bond motifs is 1. The quantitative estimate of drug-likeness (QED) is 0.642. The van der Waals surface area contributed by atoms with E-state index in [0.29, 0.717) is 24.0 Å². The fourth-order valence-corrected chi connectivity index (χ4v) is 4.44. The van der Waals surface area contributed by atoms with E-state index in [2.05, 4.69) is 34.6 Å². The van der Waals surface area contributed by atoms with Gasteiger partial charge >= 0.3 is 0 Å². The van der Waals surface area contributed by atoms with Crippen molar-refractivity contribution in [2.75, 3.05) is 0 Å². The lowest BCUT2D eigenvalue weighted by atomic mass is 9.81. The summed E-state index contributed by atoms with van der Waals surface area (Å²) in [5.41, 5.74) is 0. The van der Waals surface area contributed by atoms with Crippen molar-refractivity contribution in [2.24, 2.45) is 17.8 Å². The minimum atomic E-state index is -0.295. The van der Waals surface area contributed by atoms with Gasteiger partial charge in [-0.3, -0.25) is 0 Å². The van der Waals surface area contributed by atoms with Crippen LogP contribution < -0.4 is 0 Å². The fraction of sp³-hybridized carbons (Fsp3) is 1.00. The van der Waals surface area contributed by atoms with Gasteiger partial charge in [0.25, 0.3) is 0 Å². The van der Waals surface area contributed by atoms with Crippen LogP contribution in [0.5, 0.6) is 0 Å². The molecule has 0 aromatic heterocycles. The molecule has 2 rings (SSSR count). The Balaban J connectivity index is 2.18. The summed E-state index contributed by atoms with van der Waals surface area (Å²) >= 11 is 0. The molecular formula is C18H34O2. The summed E-state index contributed by atoms with van der Waals surface area (Å²) in [5.74, 6) is 1.52. The summed E-state index contributed by atoms with van der Waals surface area (Å²) in [7, 11) is 0. The smallest absolute Gasteiger partial charge is 0.174 e. The van der Waals surface area contributed by atoms with Gasteiger partial charge in [0.15, 0.2) is 5.79 Å². The van der Waals surface area contributed by atoms with Crippen LogP contribution in [0.25, 0.3) is 0 Å². The number of ether oxygens (including phenoxy) is 2. The molecule has 0 aromatic rings. The van der Waals surface area contributed by atoms with Gasteiger partial charge in [0.05, 0.1) is 12.2 Å². The third-order valence-electron chi connectivity index (χ3n) is 5.46. The van der Waals surface area contributed by atoms with Crippen molar-refractivity contribution < 1.29 is 9.47 Å². The van der Waals surface area contributed by atoms with E-state index in [0.717, 1.165) is 12.3 Å². The first-order chi connectivity index (χ1) is 9.57. The van der Waals surface area contributed by atoms with Crippen LogP contribution in [-0.2, 0) is 9.47 Å². The predicted molar refractivity (Wildman–Crippen MR) is 83.6 cm³/mol. The molecular weight excluding hydrogens is 248 g/mol. The summed E-state index contributed by atoms with van der Waals surface area (Å²) in [6.45, 7) is 11.5. The third-order valence-corrected chi connectivity index (χ3v) is 5.46. The van der Waals surface area contributed by atoms with Crippen molar-refractivity contribution in [3.8, 4) is 0 Å². The van der Waals surface area contributed by atoms with Gasteiger partial charge in [0.1, 0.15) is 0 Å². The van der Waals surface area contributed by atoms with E-state index in [1.165, 1.54) is 38.5 Å². The van der Waals surface area contributed by atoms with Gasteiger partial charge in [-0.15, -0.1) is 0 Å². The van der Waals surface area contributed by atoms with Crippen molar-refractivity contribution in [3.63, 3.8) is 0 Å². The zero-order valence-electron chi connectivity index (χ0n) is 14.2. The van der Waals surface area contributed by atoms with E-state index in [9.17, 15) is 0 Å². The van der Waals surface area contributed by atoms with Crippen molar-refractivity contribution in [3.05, 3.63) is 0 Å². The molecule has 1 saturated heterocycles. The molecule has 118 valence electrons. The molecule has 20 heavy (non-hydrogen) atoms. The Morgan fingerprint density at radius 2 is 1.55 bits per heavy atom. The van der Waals surface area contributed by atoms with Gasteiger partial charge in [-0.1, -0.05) is 47.5 Å². The molecule has 0 N–H and O–H groups in total. The standard InChI is InChI=1S/C18H34O2/c1-6-9-14(5)18(15(8-3)10-7-2)19-16-11-13(4)12-17(16)20-18/h13-17H,6-12H2,1-5H3/t13?,14?,15?,16-,17+,18?. The molecule has 0 radical (unpaired) electrons. The SMILES string of the molecule is CCCC(C)C1(C(CC)CCC)O[C@H]2CC(C)C[C@H]2O1. The van der Waals surface area contributed by atoms with Crippen molar-refractivity contribution >= 4 is 0 Å². The second-order valence-corrected chi connectivity index (χ2v) is 7.19. The van der Waals surface area contributed by atoms with E-state index >= 15 is 0 Å². The maximum absolute atomic E-state index is 6.64. The van der Waals surface area contributed by atoms with Gasteiger partial charge in [0.2, 0.25) is 0 Å². The first-order valence-electron chi connectivity index (χ1n) is 8.92. The normalized spacial score (nSPS) is 39.8. The lowest BCUT2D eigenvalue weighted by Crippen LogP contribution is -2.46. The first-order valence-corrected chi connectivity index (χ1v) is 8.92. The van der Waals surface area contributed by atoms with Crippen LogP contribution in [0.4, 0.5) is 0 Å². The second-order valence-electron chi connectivity index (χ2n) is 7.19. The lowest BCUT2D eigenvalue weighted by Gasteiger charge is -2.41. The Labute approximate surface area is 125 Å². The highest BCUT2D eigenvalue weighted by Gasteiger charge is 2.56. The van der Waals surface area contributed by atoms with Crippen molar-refractivity contribution in [1.82, 2.24) is 0 Å². The molecule has 1 aliphatic carbocycles. The largest absolute Gasteiger partial charge is 0.343 e. The first kappa shape index (κ1) is 16.3. The van der Waals surface area contributed by atoms with Crippen LogP contribution in [-0.4, -0.2) is 18.0 Å². The topological polar surface area (TPSA) is 18.5 Å². The van der Waals surface area contributed by atoms with E-state index < -0.39 is 0 Å².